The van der Waals surface area contributed by atoms with Crippen LogP contribution in [-0.2, 0) is 4.79 Å². The van der Waals surface area contributed by atoms with Gasteiger partial charge >= 0.3 is 5.97 Å². The van der Waals surface area contributed by atoms with E-state index in [0.717, 1.165) is 6.42 Å². The van der Waals surface area contributed by atoms with Crippen molar-refractivity contribution in [1.29, 1.82) is 0 Å². The normalized spacial score (nSPS) is 34.3. The van der Waals surface area contributed by atoms with Crippen molar-refractivity contribution in [3.63, 3.8) is 0 Å². The van der Waals surface area contributed by atoms with E-state index in [-0.39, 0.29) is 11.3 Å². The fourth-order valence-corrected chi connectivity index (χ4v) is 2.47. The Kier molecular flexibility index (Phi) is 2.19. The number of carbonyl (C=O) groups is 1. The highest BCUT2D eigenvalue weighted by Gasteiger charge is 2.63. The zero-order valence-electron chi connectivity index (χ0n) is 8.29. The van der Waals surface area contributed by atoms with Gasteiger partial charge in [0, 0.05) is 0 Å². The van der Waals surface area contributed by atoms with Gasteiger partial charge < -0.3 is 5.11 Å². The van der Waals surface area contributed by atoms with Crippen molar-refractivity contribution in [1.82, 2.24) is 0 Å². The minimum Gasteiger partial charge on any atom is -0.481 e. The molecule has 0 aromatic rings. The summed E-state index contributed by atoms with van der Waals surface area (Å²) in [6.45, 7) is 8.39. The molecule has 1 N–H and O–H groups in total. The molecule has 1 rings (SSSR count). The Balaban J connectivity index is 2.66. The summed E-state index contributed by atoms with van der Waals surface area (Å²) in [5.74, 6) is 0.207. The van der Waals surface area contributed by atoms with Crippen LogP contribution < -0.4 is 0 Å². The molecule has 0 heterocycles. The molecule has 0 aromatic heterocycles. The lowest BCUT2D eigenvalue weighted by Gasteiger charge is -2.08. The quantitative estimate of drug-likeness (QED) is 0.706. The van der Waals surface area contributed by atoms with Crippen molar-refractivity contribution in [2.45, 2.75) is 34.1 Å². The lowest BCUT2D eigenvalue weighted by atomic mass is 9.97. The summed E-state index contributed by atoms with van der Waals surface area (Å²) in [6, 6.07) is 0. The van der Waals surface area contributed by atoms with Gasteiger partial charge in [-0.15, -0.1) is 0 Å². The molecular formula is C10H18O2. The molecule has 1 fully saturated rings. The molecule has 1 aliphatic carbocycles. The van der Waals surface area contributed by atoms with E-state index in [1.165, 1.54) is 0 Å². The Bertz CT molecular complexity index is 196. The summed E-state index contributed by atoms with van der Waals surface area (Å²) >= 11 is 0. The molecule has 2 heteroatoms. The lowest BCUT2D eigenvalue weighted by Crippen LogP contribution is -2.04. The first-order valence-electron chi connectivity index (χ1n) is 4.65. The van der Waals surface area contributed by atoms with Crippen LogP contribution in [0.15, 0.2) is 0 Å². The van der Waals surface area contributed by atoms with Gasteiger partial charge in [-0.3, -0.25) is 4.79 Å². The fraction of sp³-hybridized carbons (Fsp3) is 0.900. The smallest absolute Gasteiger partial charge is 0.307 e. The number of carboxylic acids is 1. The lowest BCUT2D eigenvalue weighted by molar-refractivity contribution is -0.139. The van der Waals surface area contributed by atoms with E-state index in [0.29, 0.717) is 11.8 Å². The molecule has 0 aliphatic heterocycles. The van der Waals surface area contributed by atoms with Crippen LogP contribution in [0.3, 0.4) is 0 Å². The molecule has 0 amide bonds. The second-order valence-electron chi connectivity index (χ2n) is 4.55. The van der Waals surface area contributed by atoms with E-state index in [9.17, 15) is 4.79 Å². The molecular weight excluding hydrogens is 152 g/mol. The number of carboxylic acid groups (broad SMARTS) is 1. The number of hydrogen-bond donors (Lipinski definition) is 1. The zero-order chi connectivity index (χ0) is 9.52. The van der Waals surface area contributed by atoms with Gasteiger partial charge in [-0.2, -0.15) is 0 Å². The Morgan fingerprint density at radius 3 is 2.33 bits per heavy atom. The standard InChI is InChI=1S/C10H18O2/c1-5-6(2)7-8(9(11)12)10(7,3)4/h6-8H,5H2,1-4H3,(H,11,12). The maximum Gasteiger partial charge on any atom is 0.307 e. The molecule has 0 saturated heterocycles. The molecule has 3 atom stereocenters. The van der Waals surface area contributed by atoms with E-state index in [1.54, 1.807) is 0 Å². The van der Waals surface area contributed by atoms with Gasteiger partial charge in [-0.25, -0.2) is 0 Å². The summed E-state index contributed by atoms with van der Waals surface area (Å²) in [5, 5.41) is 8.90. The molecule has 0 bridgehead atoms. The summed E-state index contributed by atoms with van der Waals surface area (Å²) < 4.78 is 0. The Morgan fingerprint density at radius 2 is 2.08 bits per heavy atom. The van der Waals surface area contributed by atoms with Crippen molar-refractivity contribution < 1.29 is 9.90 Å². The topological polar surface area (TPSA) is 37.3 Å². The fourth-order valence-electron chi connectivity index (χ4n) is 2.47. The maximum atomic E-state index is 10.8. The van der Waals surface area contributed by atoms with Gasteiger partial charge in [0.05, 0.1) is 5.92 Å². The summed E-state index contributed by atoms with van der Waals surface area (Å²) in [6.07, 6.45) is 1.08. The van der Waals surface area contributed by atoms with Gasteiger partial charge in [0.1, 0.15) is 0 Å². The number of aliphatic carboxylic acids is 1. The largest absolute Gasteiger partial charge is 0.481 e. The minimum atomic E-state index is -0.620. The average molecular weight is 170 g/mol. The first kappa shape index (κ1) is 9.56. The van der Waals surface area contributed by atoms with E-state index in [4.69, 9.17) is 5.11 Å². The first-order valence-corrected chi connectivity index (χ1v) is 4.65. The predicted molar refractivity (Wildman–Crippen MR) is 47.9 cm³/mol. The molecule has 0 radical (unpaired) electrons. The maximum absolute atomic E-state index is 10.8. The molecule has 0 spiro atoms. The summed E-state index contributed by atoms with van der Waals surface area (Å²) in [5.41, 5.74) is 0.0290. The van der Waals surface area contributed by atoms with Crippen LogP contribution in [0.25, 0.3) is 0 Å². The van der Waals surface area contributed by atoms with Crippen molar-refractivity contribution in [3.8, 4) is 0 Å². The summed E-state index contributed by atoms with van der Waals surface area (Å²) in [7, 11) is 0. The van der Waals surface area contributed by atoms with E-state index in [1.807, 2.05) is 0 Å². The first-order chi connectivity index (χ1) is 5.42. The third-order valence-electron chi connectivity index (χ3n) is 3.43. The highest BCUT2D eigenvalue weighted by atomic mass is 16.4. The summed E-state index contributed by atoms with van der Waals surface area (Å²) in [4.78, 5) is 10.8. The molecule has 3 unspecified atom stereocenters. The van der Waals surface area contributed by atoms with Gasteiger partial charge in [-0.05, 0) is 17.3 Å². The van der Waals surface area contributed by atoms with Crippen molar-refractivity contribution in [2.24, 2.45) is 23.2 Å². The second-order valence-corrected chi connectivity index (χ2v) is 4.55. The molecule has 12 heavy (non-hydrogen) atoms. The van der Waals surface area contributed by atoms with Crippen LogP contribution in [-0.4, -0.2) is 11.1 Å². The van der Waals surface area contributed by atoms with Crippen molar-refractivity contribution in [2.75, 3.05) is 0 Å². The number of hydrogen-bond acceptors (Lipinski definition) is 1. The van der Waals surface area contributed by atoms with Crippen molar-refractivity contribution >= 4 is 5.97 Å². The molecule has 70 valence electrons. The third kappa shape index (κ3) is 1.23. The zero-order valence-corrected chi connectivity index (χ0v) is 8.29. The van der Waals surface area contributed by atoms with Gasteiger partial charge in [-0.1, -0.05) is 34.1 Å². The third-order valence-corrected chi connectivity index (χ3v) is 3.43. The van der Waals surface area contributed by atoms with E-state index >= 15 is 0 Å². The van der Waals surface area contributed by atoms with Crippen LogP contribution in [0.5, 0.6) is 0 Å². The monoisotopic (exact) mass is 170 g/mol. The molecule has 1 aliphatic rings. The second kappa shape index (κ2) is 2.75. The van der Waals surface area contributed by atoms with E-state index in [2.05, 4.69) is 27.7 Å². The van der Waals surface area contributed by atoms with Crippen LogP contribution in [0.1, 0.15) is 34.1 Å². The SMILES string of the molecule is CCC(C)C1C(C(=O)O)C1(C)C. The van der Waals surface area contributed by atoms with Gasteiger partial charge in [0.15, 0.2) is 0 Å². The number of rotatable bonds is 3. The molecule has 1 saturated carbocycles. The minimum absolute atomic E-state index is 0.0290. The predicted octanol–water partition coefficient (Wildman–Crippen LogP) is 2.39. The van der Waals surface area contributed by atoms with Crippen LogP contribution in [0.2, 0.25) is 0 Å². The Morgan fingerprint density at radius 1 is 1.58 bits per heavy atom. The molecule has 2 nitrogen and oxygen atoms in total. The Hall–Kier alpha value is -0.530. The van der Waals surface area contributed by atoms with E-state index < -0.39 is 5.97 Å². The van der Waals surface area contributed by atoms with Crippen LogP contribution in [0, 0.1) is 23.2 Å². The van der Waals surface area contributed by atoms with Crippen LogP contribution >= 0.6 is 0 Å². The Labute approximate surface area is 74.0 Å². The van der Waals surface area contributed by atoms with Gasteiger partial charge in [0.2, 0.25) is 0 Å². The van der Waals surface area contributed by atoms with Gasteiger partial charge in [0.25, 0.3) is 0 Å². The van der Waals surface area contributed by atoms with Crippen molar-refractivity contribution in [3.05, 3.63) is 0 Å². The average Bonchev–Trinajstić information content (AvgIpc) is 2.52. The highest BCUT2D eigenvalue weighted by molar-refractivity contribution is 5.75. The molecule has 0 aromatic carbocycles. The van der Waals surface area contributed by atoms with Crippen LogP contribution in [0.4, 0.5) is 0 Å². The highest BCUT2D eigenvalue weighted by Crippen LogP contribution is 2.62.